The molecule has 1 rings (SSSR count). The number of halogens is 1. The maximum absolute atomic E-state index is 12.3. The fraction of sp³-hybridized carbons (Fsp3) is 0.467. The average Bonchev–Trinajstić information content (AvgIpc) is 2.39. The third-order valence-electron chi connectivity index (χ3n) is 2.94. The van der Waals surface area contributed by atoms with Crippen molar-refractivity contribution in [2.75, 3.05) is 7.11 Å². The molecule has 0 radical (unpaired) electrons. The largest absolute Gasteiger partial charge is 0.467 e. The van der Waals surface area contributed by atoms with Crippen molar-refractivity contribution in [3.8, 4) is 0 Å². The molecular formula is C15H20BrNO3. The summed E-state index contributed by atoms with van der Waals surface area (Å²) in [5, 5.41) is 2.75. The number of methoxy groups -OCH3 is 1. The zero-order valence-corrected chi connectivity index (χ0v) is 13.8. The molecule has 0 fully saturated rings. The van der Waals surface area contributed by atoms with Crippen molar-refractivity contribution in [1.82, 2.24) is 5.32 Å². The van der Waals surface area contributed by atoms with Crippen molar-refractivity contribution >= 4 is 27.8 Å². The third-order valence-corrected chi connectivity index (χ3v) is 3.44. The van der Waals surface area contributed by atoms with E-state index in [0.717, 1.165) is 10.0 Å². The minimum absolute atomic E-state index is 0.264. The number of hydrogen-bond acceptors (Lipinski definition) is 3. The number of carbonyl (C=O) groups excluding carboxylic acids is 2. The van der Waals surface area contributed by atoms with E-state index in [0.29, 0.717) is 12.0 Å². The highest BCUT2D eigenvalue weighted by Gasteiger charge is 2.23. The van der Waals surface area contributed by atoms with Gasteiger partial charge in [-0.3, -0.25) is 4.79 Å². The lowest BCUT2D eigenvalue weighted by molar-refractivity contribution is -0.143. The highest BCUT2D eigenvalue weighted by Crippen LogP contribution is 2.16. The van der Waals surface area contributed by atoms with Crippen LogP contribution in [0.1, 0.15) is 36.2 Å². The lowest BCUT2D eigenvalue weighted by Crippen LogP contribution is -2.42. The molecule has 0 aliphatic rings. The van der Waals surface area contributed by atoms with E-state index in [1.54, 1.807) is 6.07 Å². The van der Waals surface area contributed by atoms with E-state index in [-0.39, 0.29) is 11.8 Å². The minimum atomic E-state index is -0.620. The van der Waals surface area contributed by atoms with Gasteiger partial charge in [0.05, 0.1) is 7.11 Å². The number of carbonyl (C=O) groups is 2. The summed E-state index contributed by atoms with van der Waals surface area (Å²) in [6.45, 7) is 5.84. The number of hydrogen-bond donors (Lipinski definition) is 1. The molecule has 0 saturated carbocycles. The fourth-order valence-corrected chi connectivity index (χ4v) is 2.26. The van der Waals surface area contributed by atoms with E-state index in [2.05, 4.69) is 21.2 Å². The Hall–Kier alpha value is -1.36. The Morgan fingerprint density at radius 2 is 2.00 bits per heavy atom. The average molecular weight is 342 g/mol. The van der Waals surface area contributed by atoms with Crippen molar-refractivity contribution in [2.45, 2.75) is 33.2 Å². The third kappa shape index (κ3) is 4.63. The highest BCUT2D eigenvalue weighted by molar-refractivity contribution is 9.10. The number of nitrogens with one attached hydrogen (secondary N) is 1. The van der Waals surface area contributed by atoms with E-state index in [1.165, 1.54) is 7.11 Å². The maximum Gasteiger partial charge on any atom is 0.328 e. The molecule has 0 saturated heterocycles. The van der Waals surface area contributed by atoms with Crippen LogP contribution in [0.15, 0.2) is 22.7 Å². The smallest absolute Gasteiger partial charge is 0.328 e. The first-order valence-electron chi connectivity index (χ1n) is 6.50. The summed E-state index contributed by atoms with van der Waals surface area (Å²) in [5.41, 5.74) is 1.41. The molecule has 0 spiro atoms. The second kappa shape index (κ2) is 7.43. The molecule has 1 unspecified atom stereocenters. The molecular weight excluding hydrogens is 322 g/mol. The van der Waals surface area contributed by atoms with Gasteiger partial charge in [0.1, 0.15) is 6.04 Å². The van der Waals surface area contributed by atoms with Crippen molar-refractivity contribution in [2.24, 2.45) is 5.92 Å². The first-order chi connectivity index (χ1) is 9.35. The van der Waals surface area contributed by atoms with Crippen LogP contribution in [-0.2, 0) is 9.53 Å². The Labute approximate surface area is 128 Å². The Balaban J connectivity index is 2.90. The van der Waals surface area contributed by atoms with Crippen LogP contribution >= 0.6 is 15.9 Å². The van der Waals surface area contributed by atoms with Gasteiger partial charge in [-0.1, -0.05) is 35.8 Å². The molecule has 5 heteroatoms. The van der Waals surface area contributed by atoms with Crippen LogP contribution in [0, 0.1) is 12.8 Å². The molecule has 1 amide bonds. The summed E-state index contributed by atoms with van der Waals surface area (Å²) in [6.07, 6.45) is 0.547. The van der Waals surface area contributed by atoms with Gasteiger partial charge in [-0.05, 0) is 37.0 Å². The number of amides is 1. The Morgan fingerprint density at radius 3 is 2.55 bits per heavy atom. The molecule has 0 aromatic heterocycles. The summed E-state index contributed by atoms with van der Waals surface area (Å²) in [7, 11) is 1.33. The predicted octanol–water partition coefficient (Wildman–Crippen LogP) is 3.08. The lowest BCUT2D eigenvalue weighted by atomic mass is 10.0. The van der Waals surface area contributed by atoms with Gasteiger partial charge in [0, 0.05) is 10.0 Å². The van der Waals surface area contributed by atoms with Gasteiger partial charge in [-0.2, -0.15) is 0 Å². The van der Waals surface area contributed by atoms with Gasteiger partial charge in [-0.25, -0.2) is 4.79 Å². The Bertz CT molecular complexity index is 500. The molecule has 1 aromatic rings. The number of esters is 1. The van der Waals surface area contributed by atoms with Gasteiger partial charge in [-0.15, -0.1) is 0 Å². The zero-order valence-electron chi connectivity index (χ0n) is 12.2. The summed E-state index contributed by atoms with van der Waals surface area (Å²) >= 11 is 3.34. The van der Waals surface area contributed by atoms with E-state index >= 15 is 0 Å². The van der Waals surface area contributed by atoms with E-state index < -0.39 is 12.0 Å². The van der Waals surface area contributed by atoms with Crippen LogP contribution in [0.2, 0.25) is 0 Å². The standard InChI is InChI=1S/C15H20BrNO3/c1-9(2)7-13(15(19)20-4)17-14(18)12-8-11(16)6-5-10(12)3/h5-6,8-9,13H,7H2,1-4H3,(H,17,18). The highest BCUT2D eigenvalue weighted by atomic mass is 79.9. The van der Waals surface area contributed by atoms with Crippen LogP contribution in [0.25, 0.3) is 0 Å². The fourth-order valence-electron chi connectivity index (χ4n) is 1.90. The molecule has 20 heavy (non-hydrogen) atoms. The lowest BCUT2D eigenvalue weighted by Gasteiger charge is -2.19. The molecule has 0 aliphatic carbocycles. The zero-order chi connectivity index (χ0) is 15.3. The molecule has 0 aliphatic heterocycles. The van der Waals surface area contributed by atoms with Crippen molar-refractivity contribution in [3.63, 3.8) is 0 Å². The summed E-state index contributed by atoms with van der Waals surface area (Å²) in [5.74, 6) is -0.400. The molecule has 1 N–H and O–H groups in total. The summed E-state index contributed by atoms with van der Waals surface area (Å²) < 4.78 is 5.57. The van der Waals surface area contributed by atoms with Crippen molar-refractivity contribution in [1.29, 1.82) is 0 Å². The maximum atomic E-state index is 12.3. The molecule has 1 aromatic carbocycles. The van der Waals surface area contributed by atoms with Crippen LogP contribution in [0.5, 0.6) is 0 Å². The Morgan fingerprint density at radius 1 is 1.35 bits per heavy atom. The van der Waals surface area contributed by atoms with Gasteiger partial charge >= 0.3 is 5.97 Å². The van der Waals surface area contributed by atoms with Crippen LogP contribution in [-0.4, -0.2) is 25.0 Å². The molecule has 0 heterocycles. The van der Waals surface area contributed by atoms with Crippen LogP contribution in [0.3, 0.4) is 0 Å². The normalized spacial score (nSPS) is 12.1. The van der Waals surface area contributed by atoms with E-state index in [1.807, 2.05) is 32.9 Å². The SMILES string of the molecule is COC(=O)C(CC(C)C)NC(=O)c1cc(Br)ccc1C. The Kier molecular flexibility index (Phi) is 6.20. The monoisotopic (exact) mass is 341 g/mol. The van der Waals surface area contributed by atoms with Gasteiger partial charge < -0.3 is 10.1 Å². The van der Waals surface area contributed by atoms with Crippen LogP contribution < -0.4 is 5.32 Å². The van der Waals surface area contributed by atoms with Gasteiger partial charge in [0.2, 0.25) is 0 Å². The predicted molar refractivity (Wildman–Crippen MR) is 81.6 cm³/mol. The quantitative estimate of drug-likeness (QED) is 0.837. The van der Waals surface area contributed by atoms with Crippen LogP contribution in [0.4, 0.5) is 0 Å². The van der Waals surface area contributed by atoms with E-state index in [4.69, 9.17) is 4.74 Å². The second-order valence-electron chi connectivity index (χ2n) is 5.14. The number of benzene rings is 1. The topological polar surface area (TPSA) is 55.4 Å². The van der Waals surface area contributed by atoms with Crippen molar-refractivity contribution < 1.29 is 14.3 Å². The minimum Gasteiger partial charge on any atom is -0.467 e. The molecule has 1 atom stereocenters. The molecule has 110 valence electrons. The first-order valence-corrected chi connectivity index (χ1v) is 7.29. The number of rotatable bonds is 5. The molecule has 4 nitrogen and oxygen atoms in total. The van der Waals surface area contributed by atoms with Gasteiger partial charge in [0.25, 0.3) is 5.91 Å². The van der Waals surface area contributed by atoms with Crippen molar-refractivity contribution in [3.05, 3.63) is 33.8 Å². The summed E-state index contributed by atoms with van der Waals surface area (Å²) in [6, 6.07) is 4.85. The summed E-state index contributed by atoms with van der Waals surface area (Å²) in [4.78, 5) is 24.0. The van der Waals surface area contributed by atoms with Gasteiger partial charge in [0.15, 0.2) is 0 Å². The first kappa shape index (κ1) is 16.7. The second-order valence-corrected chi connectivity index (χ2v) is 6.05. The number of aryl methyl sites for hydroxylation is 1. The number of ether oxygens (including phenoxy) is 1. The van der Waals surface area contributed by atoms with E-state index in [9.17, 15) is 9.59 Å². The molecule has 0 bridgehead atoms.